The second-order valence-electron chi connectivity index (χ2n) is 17.6. The zero-order chi connectivity index (χ0) is 48.5. The lowest BCUT2D eigenvalue weighted by Crippen LogP contribution is -2.51. The second kappa shape index (κ2) is 21.8. The van der Waals surface area contributed by atoms with Gasteiger partial charge in [-0.3, -0.25) is 19.2 Å². The molecule has 3 aromatic carbocycles. The van der Waals surface area contributed by atoms with Crippen molar-refractivity contribution in [3.05, 3.63) is 129 Å². The topological polar surface area (TPSA) is 210 Å². The average Bonchev–Trinajstić information content (AvgIpc) is 3.72. The van der Waals surface area contributed by atoms with Crippen molar-refractivity contribution in [3.63, 3.8) is 0 Å². The summed E-state index contributed by atoms with van der Waals surface area (Å²) >= 11 is 0. The van der Waals surface area contributed by atoms with Crippen LogP contribution in [0.2, 0.25) is 0 Å². The van der Waals surface area contributed by atoms with E-state index in [0.29, 0.717) is 79.8 Å². The zero-order valence-corrected chi connectivity index (χ0v) is 39.4. The summed E-state index contributed by atoms with van der Waals surface area (Å²) in [4.78, 5) is 85.9. The SMILES string of the molecule is CCC(=O)NCCCC[C@H](NC(=O)[C@H](Cc1ccccc1)NC)C(=O)Nc1ccc(COC(=O)N(CCc2c3c(nc4ccccc24)-c2cc4c(c(=O)n2C3)COC(=O)[C@]4(O)CC)C(C)C)cc1. The molecule has 2 aromatic heterocycles. The molecule has 0 spiro atoms. The molecule has 0 radical (unpaired) electrons. The highest BCUT2D eigenvalue weighted by Gasteiger charge is 2.45. The quantitative estimate of drug-likeness (QED) is 0.0469. The third-order valence-electron chi connectivity index (χ3n) is 12.9. The van der Waals surface area contributed by atoms with Gasteiger partial charge in [0.2, 0.25) is 17.7 Å². The van der Waals surface area contributed by atoms with Gasteiger partial charge in [0.15, 0.2) is 5.60 Å². The molecular formula is C52H61N7O9. The highest BCUT2D eigenvalue weighted by molar-refractivity contribution is 5.98. The van der Waals surface area contributed by atoms with Gasteiger partial charge in [0.05, 0.1) is 35.1 Å². The van der Waals surface area contributed by atoms with Gasteiger partial charge >= 0.3 is 12.1 Å². The van der Waals surface area contributed by atoms with Crippen molar-refractivity contribution >= 4 is 46.4 Å². The molecule has 2 aliphatic rings. The van der Waals surface area contributed by atoms with Gasteiger partial charge in [-0.15, -0.1) is 0 Å². The van der Waals surface area contributed by atoms with Crippen LogP contribution in [0, 0.1) is 0 Å². The Labute approximate surface area is 395 Å². The third-order valence-corrected chi connectivity index (χ3v) is 12.9. The van der Waals surface area contributed by atoms with E-state index in [9.17, 15) is 33.9 Å². The van der Waals surface area contributed by atoms with E-state index in [0.717, 1.165) is 22.1 Å². The molecule has 7 rings (SSSR count). The van der Waals surface area contributed by atoms with E-state index in [1.807, 2.05) is 68.4 Å². The summed E-state index contributed by atoms with van der Waals surface area (Å²) in [5.74, 6) is -1.51. The molecule has 0 saturated heterocycles. The number of hydrogen-bond acceptors (Lipinski definition) is 11. The van der Waals surface area contributed by atoms with Crippen LogP contribution >= 0.6 is 0 Å². The summed E-state index contributed by atoms with van der Waals surface area (Å²) in [5.41, 5.74) is 3.95. The van der Waals surface area contributed by atoms with Crippen molar-refractivity contribution < 1.29 is 38.6 Å². The number of nitrogens with one attached hydrogen (secondary N) is 4. The number of hydrogen-bond donors (Lipinski definition) is 5. The molecule has 358 valence electrons. The summed E-state index contributed by atoms with van der Waals surface area (Å²) in [6.45, 7) is 8.03. The molecule has 0 bridgehead atoms. The van der Waals surface area contributed by atoms with E-state index < -0.39 is 29.7 Å². The summed E-state index contributed by atoms with van der Waals surface area (Å²) in [6.07, 6.45) is 2.38. The number of esters is 1. The van der Waals surface area contributed by atoms with Gasteiger partial charge < -0.3 is 45.3 Å². The molecule has 68 heavy (non-hydrogen) atoms. The Morgan fingerprint density at radius 2 is 1.65 bits per heavy atom. The molecule has 0 unspecified atom stereocenters. The fraction of sp³-hybridized carbons (Fsp3) is 0.404. The summed E-state index contributed by atoms with van der Waals surface area (Å²) < 4.78 is 12.7. The molecular weight excluding hydrogens is 867 g/mol. The number of fused-ring (bicyclic) bond motifs is 5. The van der Waals surface area contributed by atoms with Crippen LogP contribution in [0.1, 0.15) is 93.2 Å². The number of pyridine rings is 2. The van der Waals surface area contributed by atoms with Crippen LogP contribution in [0.3, 0.4) is 0 Å². The molecule has 0 aliphatic carbocycles. The molecule has 4 heterocycles. The Morgan fingerprint density at radius 1 is 0.912 bits per heavy atom. The normalized spacial score (nSPS) is 15.7. The number of aliphatic hydroxyl groups is 1. The van der Waals surface area contributed by atoms with Gasteiger partial charge in [0.1, 0.15) is 19.3 Å². The molecule has 5 aromatic rings. The van der Waals surface area contributed by atoms with Crippen molar-refractivity contribution in [1.82, 2.24) is 30.4 Å². The lowest BCUT2D eigenvalue weighted by atomic mass is 9.86. The maximum atomic E-state index is 13.9. The fourth-order valence-electron chi connectivity index (χ4n) is 8.88. The monoisotopic (exact) mass is 927 g/mol. The van der Waals surface area contributed by atoms with E-state index in [2.05, 4.69) is 21.3 Å². The van der Waals surface area contributed by atoms with Crippen LogP contribution in [-0.4, -0.2) is 87.6 Å². The Kier molecular flexibility index (Phi) is 15.7. The maximum Gasteiger partial charge on any atom is 0.410 e. The second-order valence-corrected chi connectivity index (χ2v) is 17.6. The molecule has 0 saturated carbocycles. The number of carbonyl (C=O) groups excluding carboxylic acids is 5. The van der Waals surface area contributed by atoms with Crippen molar-refractivity contribution in [3.8, 4) is 11.4 Å². The first-order valence-corrected chi connectivity index (χ1v) is 23.4. The van der Waals surface area contributed by atoms with Crippen LogP contribution in [-0.2, 0) is 66.9 Å². The largest absolute Gasteiger partial charge is 0.458 e. The van der Waals surface area contributed by atoms with E-state index in [1.54, 1.807) is 60.7 Å². The number of unbranched alkanes of at least 4 members (excludes halogenated alkanes) is 1. The number of rotatable bonds is 20. The predicted octanol–water partition coefficient (Wildman–Crippen LogP) is 5.62. The first kappa shape index (κ1) is 49.0. The number of aromatic nitrogens is 2. The van der Waals surface area contributed by atoms with Gasteiger partial charge in [-0.2, -0.15) is 0 Å². The number of nitrogens with zero attached hydrogens (tertiary/aromatic N) is 3. The van der Waals surface area contributed by atoms with Crippen LogP contribution in [0.15, 0.2) is 89.7 Å². The zero-order valence-electron chi connectivity index (χ0n) is 39.4. The molecule has 2 aliphatic heterocycles. The van der Waals surface area contributed by atoms with E-state index in [-0.39, 0.29) is 66.6 Å². The Balaban J connectivity index is 1.00. The van der Waals surface area contributed by atoms with Gasteiger partial charge in [0.25, 0.3) is 5.56 Å². The Bertz CT molecular complexity index is 2720. The number of ether oxygens (including phenoxy) is 2. The van der Waals surface area contributed by atoms with Crippen LogP contribution in [0.5, 0.6) is 0 Å². The van der Waals surface area contributed by atoms with E-state index in [4.69, 9.17) is 14.5 Å². The van der Waals surface area contributed by atoms with E-state index >= 15 is 0 Å². The highest BCUT2D eigenvalue weighted by Crippen LogP contribution is 2.40. The average molecular weight is 928 g/mol. The molecule has 5 N–H and O–H groups in total. The molecule has 3 atom stereocenters. The fourth-order valence-corrected chi connectivity index (χ4v) is 8.88. The first-order chi connectivity index (χ1) is 32.8. The molecule has 16 heteroatoms. The number of likely N-dealkylation sites (N-methyl/N-ethyl adjacent to an activating group) is 1. The Morgan fingerprint density at radius 3 is 2.35 bits per heavy atom. The molecule has 4 amide bonds. The third kappa shape index (κ3) is 10.8. The van der Waals surface area contributed by atoms with Gasteiger partial charge in [-0.25, -0.2) is 14.6 Å². The smallest absolute Gasteiger partial charge is 0.410 e. The van der Waals surface area contributed by atoms with Gasteiger partial charge in [0, 0.05) is 47.8 Å². The van der Waals surface area contributed by atoms with Crippen molar-refractivity contribution in [1.29, 1.82) is 0 Å². The lowest BCUT2D eigenvalue weighted by molar-refractivity contribution is -0.172. The maximum absolute atomic E-state index is 13.9. The highest BCUT2D eigenvalue weighted by atomic mass is 16.6. The number of carbonyl (C=O) groups is 5. The molecule has 16 nitrogen and oxygen atoms in total. The first-order valence-electron chi connectivity index (χ1n) is 23.4. The minimum Gasteiger partial charge on any atom is -0.458 e. The predicted molar refractivity (Wildman–Crippen MR) is 257 cm³/mol. The molecule has 0 fully saturated rings. The number of benzene rings is 3. The lowest BCUT2D eigenvalue weighted by Gasteiger charge is -2.31. The summed E-state index contributed by atoms with van der Waals surface area (Å²) in [7, 11) is 1.71. The minimum absolute atomic E-state index is 0.0246. The van der Waals surface area contributed by atoms with Gasteiger partial charge in [-0.1, -0.05) is 74.5 Å². The number of anilines is 1. The van der Waals surface area contributed by atoms with Crippen LogP contribution < -0.4 is 26.8 Å². The van der Waals surface area contributed by atoms with Crippen LogP contribution in [0.25, 0.3) is 22.3 Å². The minimum atomic E-state index is -1.94. The van der Waals surface area contributed by atoms with Crippen molar-refractivity contribution in [2.24, 2.45) is 0 Å². The standard InChI is InChI=1S/C52H61N7O9/c1-6-45(60)54-25-14-13-19-42(57-48(62)43(53-5)27-33-15-9-8-10-16-33)47(61)55-35-22-20-34(21-23-35)30-68-51(65)58(32(3)4)26-24-36-37-17-11-12-18-41(37)56-46-38(36)29-59-44(46)28-40-39(49(59)63)31-67-50(64)52(40,66)7-2/h8-12,15-18,20-23,28,32,42-43,53,66H,6-7,13-14,19,24-27,29-31H2,1-5H3,(H,54,60)(H,55,61)(H,57,62)/t42-,43-,52-/m0/s1. The number of cyclic esters (lactones) is 1. The van der Waals surface area contributed by atoms with Crippen LogP contribution in [0.4, 0.5) is 10.5 Å². The summed E-state index contributed by atoms with van der Waals surface area (Å²) in [5, 5.41) is 24.0. The Hall–Kier alpha value is -6.91. The van der Waals surface area contributed by atoms with Crippen molar-refractivity contribution in [2.45, 2.75) is 116 Å². The number of amides is 4. The summed E-state index contributed by atoms with van der Waals surface area (Å²) in [6, 6.07) is 24.3. The van der Waals surface area contributed by atoms with Gasteiger partial charge in [-0.05, 0) is 100 Å². The number of para-hydroxylation sites is 1. The van der Waals surface area contributed by atoms with Crippen molar-refractivity contribution in [2.75, 3.05) is 25.5 Å². The van der Waals surface area contributed by atoms with E-state index in [1.165, 1.54) is 0 Å².